The van der Waals surface area contributed by atoms with Gasteiger partial charge >= 0.3 is 0 Å². The van der Waals surface area contributed by atoms with Crippen molar-refractivity contribution in [2.24, 2.45) is 0 Å². The summed E-state index contributed by atoms with van der Waals surface area (Å²) in [5, 5.41) is 16.1. The maximum Gasteiger partial charge on any atom is 0.256 e. The Morgan fingerprint density at radius 2 is 1.61 bits per heavy atom. The minimum atomic E-state index is -0.182. The van der Waals surface area contributed by atoms with Gasteiger partial charge in [-0.2, -0.15) is 4.68 Å². The number of thiazole rings is 1. The molecule has 0 saturated heterocycles. The number of nitrogens with one attached hydrogen (secondary N) is 1. The van der Waals surface area contributed by atoms with E-state index in [4.69, 9.17) is 4.74 Å². The molecule has 1 amide bonds. The molecule has 0 saturated carbocycles. The van der Waals surface area contributed by atoms with Crippen LogP contribution in [0.2, 0.25) is 0 Å². The summed E-state index contributed by atoms with van der Waals surface area (Å²) in [6, 6.07) is 26.1. The van der Waals surface area contributed by atoms with Crippen molar-refractivity contribution in [3.63, 3.8) is 0 Å². The zero-order valence-electron chi connectivity index (χ0n) is 17.0. The molecule has 2 aromatic heterocycles. The van der Waals surface area contributed by atoms with Crippen molar-refractivity contribution in [3.8, 4) is 17.2 Å². The second-order valence-electron chi connectivity index (χ2n) is 6.69. The van der Waals surface area contributed by atoms with Crippen molar-refractivity contribution in [2.45, 2.75) is 9.50 Å². The predicted octanol–water partition coefficient (Wildman–Crippen LogP) is 5.31. The zero-order valence-corrected chi connectivity index (χ0v) is 18.7. The van der Waals surface area contributed by atoms with Crippen molar-refractivity contribution in [1.29, 1.82) is 0 Å². The molecular weight excluding hydrogens is 456 g/mol. The van der Waals surface area contributed by atoms with Gasteiger partial charge in [-0.1, -0.05) is 47.7 Å². The second kappa shape index (κ2) is 9.63. The van der Waals surface area contributed by atoms with Gasteiger partial charge in [-0.15, -0.1) is 5.10 Å². The molecule has 0 aliphatic carbocycles. The standard InChI is InChI=1S/C23H16N6O2S2/c30-21(16-7-3-1-4-8-16)25-20-15-24-23(32-20)33-22-26-27-28-29(22)17-11-13-19(14-12-17)31-18-9-5-2-6-10-18/h1-15H,(H,25,30). The van der Waals surface area contributed by atoms with Crippen LogP contribution in [-0.2, 0) is 0 Å². The lowest BCUT2D eigenvalue weighted by molar-refractivity contribution is 0.102. The number of aromatic nitrogens is 5. The molecule has 0 radical (unpaired) electrons. The monoisotopic (exact) mass is 472 g/mol. The molecule has 162 valence electrons. The fourth-order valence-corrected chi connectivity index (χ4v) is 4.67. The van der Waals surface area contributed by atoms with Crippen LogP contribution in [0.3, 0.4) is 0 Å². The first kappa shape index (κ1) is 20.9. The molecule has 5 rings (SSSR count). The minimum absolute atomic E-state index is 0.182. The van der Waals surface area contributed by atoms with Crippen LogP contribution >= 0.6 is 23.1 Å². The molecule has 0 aliphatic rings. The van der Waals surface area contributed by atoms with E-state index in [1.807, 2.05) is 72.8 Å². The summed E-state index contributed by atoms with van der Waals surface area (Å²) >= 11 is 2.67. The number of benzene rings is 3. The van der Waals surface area contributed by atoms with E-state index in [1.54, 1.807) is 23.0 Å². The highest BCUT2D eigenvalue weighted by atomic mass is 32.2. The Labute approximate surface area is 197 Å². The number of tetrazole rings is 1. The van der Waals surface area contributed by atoms with E-state index in [0.29, 0.717) is 25.8 Å². The third-order valence-corrected chi connectivity index (χ3v) is 6.36. The molecule has 0 unspecified atom stereocenters. The van der Waals surface area contributed by atoms with Gasteiger partial charge in [-0.25, -0.2) is 4.98 Å². The second-order valence-corrected chi connectivity index (χ2v) is 8.94. The van der Waals surface area contributed by atoms with Gasteiger partial charge in [0.1, 0.15) is 16.5 Å². The van der Waals surface area contributed by atoms with Crippen molar-refractivity contribution in [1.82, 2.24) is 25.2 Å². The maximum absolute atomic E-state index is 12.3. The van der Waals surface area contributed by atoms with Crippen LogP contribution in [0.5, 0.6) is 11.5 Å². The maximum atomic E-state index is 12.3. The van der Waals surface area contributed by atoms with Crippen molar-refractivity contribution in [2.75, 3.05) is 5.32 Å². The van der Waals surface area contributed by atoms with Crippen LogP contribution in [0.1, 0.15) is 10.4 Å². The molecule has 0 fully saturated rings. The summed E-state index contributed by atoms with van der Waals surface area (Å²) < 4.78 is 8.17. The Balaban J connectivity index is 1.26. The Morgan fingerprint density at radius 3 is 2.36 bits per heavy atom. The highest BCUT2D eigenvalue weighted by molar-refractivity contribution is 8.01. The molecule has 33 heavy (non-hydrogen) atoms. The number of hydrogen-bond acceptors (Lipinski definition) is 8. The summed E-state index contributed by atoms with van der Waals surface area (Å²) in [4.78, 5) is 16.7. The predicted molar refractivity (Wildman–Crippen MR) is 126 cm³/mol. The van der Waals surface area contributed by atoms with E-state index < -0.39 is 0 Å². The van der Waals surface area contributed by atoms with Crippen LogP contribution < -0.4 is 10.1 Å². The van der Waals surface area contributed by atoms with Crippen LogP contribution in [0.4, 0.5) is 5.00 Å². The number of hydrogen-bond donors (Lipinski definition) is 1. The number of nitrogens with zero attached hydrogens (tertiary/aromatic N) is 5. The van der Waals surface area contributed by atoms with Gasteiger partial charge in [0.2, 0.25) is 5.16 Å². The normalized spacial score (nSPS) is 10.7. The molecule has 5 aromatic rings. The Hall–Kier alpha value is -4.02. The van der Waals surface area contributed by atoms with Crippen LogP contribution in [0.25, 0.3) is 5.69 Å². The fourth-order valence-electron chi connectivity index (χ4n) is 2.90. The number of amides is 1. The first-order valence-electron chi connectivity index (χ1n) is 9.86. The Bertz CT molecular complexity index is 1350. The zero-order chi connectivity index (χ0) is 22.5. The SMILES string of the molecule is O=C(Nc1cnc(Sc2nnnn2-c2ccc(Oc3ccccc3)cc2)s1)c1ccccc1. The smallest absolute Gasteiger partial charge is 0.256 e. The third kappa shape index (κ3) is 5.08. The van der Waals surface area contributed by atoms with Gasteiger partial charge in [0, 0.05) is 5.56 Å². The van der Waals surface area contributed by atoms with Gasteiger partial charge in [0.05, 0.1) is 11.9 Å². The van der Waals surface area contributed by atoms with Crippen LogP contribution in [0.15, 0.2) is 101 Å². The molecule has 10 heteroatoms. The van der Waals surface area contributed by atoms with Gasteiger partial charge in [0.15, 0.2) is 4.34 Å². The summed E-state index contributed by atoms with van der Waals surface area (Å²) in [6.07, 6.45) is 1.62. The number of rotatable bonds is 7. The van der Waals surface area contributed by atoms with Gasteiger partial charge in [0.25, 0.3) is 5.91 Å². The molecule has 0 aliphatic heterocycles. The molecule has 2 heterocycles. The number of ether oxygens (including phenoxy) is 1. The number of anilines is 1. The molecule has 0 bridgehead atoms. The first-order valence-corrected chi connectivity index (χ1v) is 11.5. The summed E-state index contributed by atoms with van der Waals surface area (Å²) in [5.74, 6) is 1.30. The molecule has 1 N–H and O–H groups in total. The van der Waals surface area contributed by atoms with Gasteiger partial charge in [-0.05, 0) is 70.7 Å². The molecule has 0 atom stereocenters. The lowest BCUT2D eigenvalue weighted by atomic mass is 10.2. The van der Waals surface area contributed by atoms with E-state index in [2.05, 4.69) is 25.8 Å². The third-order valence-electron chi connectivity index (χ3n) is 4.44. The Morgan fingerprint density at radius 1 is 0.909 bits per heavy atom. The molecule has 3 aromatic carbocycles. The average molecular weight is 473 g/mol. The van der Waals surface area contributed by atoms with E-state index in [1.165, 1.54) is 23.1 Å². The highest BCUT2D eigenvalue weighted by Crippen LogP contribution is 2.33. The fraction of sp³-hybridized carbons (Fsp3) is 0. The van der Waals surface area contributed by atoms with Crippen molar-refractivity contribution in [3.05, 3.63) is 96.7 Å². The molecular formula is C23H16N6O2S2. The summed E-state index contributed by atoms with van der Waals surface area (Å²) in [6.45, 7) is 0. The van der Waals surface area contributed by atoms with Gasteiger partial charge < -0.3 is 10.1 Å². The number of carbonyl (C=O) groups excluding carboxylic acids is 1. The topological polar surface area (TPSA) is 94.8 Å². The van der Waals surface area contributed by atoms with Crippen LogP contribution in [-0.4, -0.2) is 31.1 Å². The van der Waals surface area contributed by atoms with Crippen molar-refractivity contribution >= 4 is 34.0 Å². The summed E-state index contributed by atoms with van der Waals surface area (Å²) in [7, 11) is 0. The lowest BCUT2D eigenvalue weighted by Gasteiger charge is -2.07. The molecule has 8 nitrogen and oxygen atoms in total. The number of carbonyl (C=O) groups is 1. The van der Waals surface area contributed by atoms with E-state index in [0.717, 1.165) is 11.4 Å². The lowest BCUT2D eigenvalue weighted by Crippen LogP contribution is -2.10. The first-order chi connectivity index (χ1) is 16.2. The van der Waals surface area contributed by atoms with E-state index >= 15 is 0 Å². The highest BCUT2D eigenvalue weighted by Gasteiger charge is 2.14. The van der Waals surface area contributed by atoms with Crippen molar-refractivity contribution < 1.29 is 9.53 Å². The van der Waals surface area contributed by atoms with E-state index in [-0.39, 0.29) is 5.91 Å². The molecule has 0 spiro atoms. The Kier molecular flexibility index (Phi) is 6.09. The van der Waals surface area contributed by atoms with E-state index in [9.17, 15) is 4.79 Å². The van der Waals surface area contributed by atoms with Gasteiger partial charge in [-0.3, -0.25) is 4.79 Å². The quantitative estimate of drug-likeness (QED) is 0.343. The minimum Gasteiger partial charge on any atom is -0.457 e. The largest absolute Gasteiger partial charge is 0.457 e. The number of para-hydroxylation sites is 1. The summed E-state index contributed by atoms with van der Waals surface area (Å²) in [5.41, 5.74) is 1.38. The van der Waals surface area contributed by atoms with Crippen LogP contribution in [0, 0.1) is 0 Å². The average Bonchev–Trinajstić information content (AvgIpc) is 3.50.